The molecule has 0 aliphatic carbocycles. The molecule has 1 aliphatic rings. The molecule has 0 bridgehead atoms. The highest BCUT2D eigenvalue weighted by molar-refractivity contribution is 7.15. The lowest BCUT2D eigenvalue weighted by molar-refractivity contribution is -0.0569. The number of hydrogen-bond donors (Lipinski definition) is 2. The number of thiazole rings is 1. The first-order valence-electron chi connectivity index (χ1n) is 8.03. The predicted octanol–water partition coefficient (Wildman–Crippen LogP) is 2.92. The fraction of sp³-hybridized carbons (Fsp3) is 0.235. The Kier molecular flexibility index (Phi) is 3.45. The van der Waals surface area contributed by atoms with Crippen molar-refractivity contribution < 1.29 is 4.74 Å². The SMILES string of the molecule is Cn1cc(-c2cc3c(-c4cnc(C5(N)COC5)s4)c(Cl)cnc3[nH]2)cn1. The number of aryl methyl sites for hydroxylation is 1. The number of halogens is 1. The number of pyridine rings is 1. The molecule has 4 aromatic rings. The number of hydrogen-bond acceptors (Lipinski definition) is 6. The summed E-state index contributed by atoms with van der Waals surface area (Å²) in [4.78, 5) is 13.2. The molecule has 132 valence electrons. The van der Waals surface area contributed by atoms with E-state index in [0.717, 1.165) is 37.7 Å². The van der Waals surface area contributed by atoms with Crippen LogP contribution < -0.4 is 5.73 Å². The van der Waals surface area contributed by atoms with Crippen molar-refractivity contribution in [3.05, 3.63) is 40.9 Å². The first-order chi connectivity index (χ1) is 12.5. The lowest BCUT2D eigenvalue weighted by Gasteiger charge is -2.35. The minimum atomic E-state index is -0.486. The third-order valence-electron chi connectivity index (χ3n) is 4.53. The number of nitrogens with one attached hydrogen (secondary N) is 1. The average Bonchev–Trinajstić information content (AvgIpc) is 3.31. The fourth-order valence-corrected chi connectivity index (χ4v) is 4.45. The van der Waals surface area contributed by atoms with E-state index in [0.29, 0.717) is 18.2 Å². The number of H-pyrrole nitrogens is 1. The number of aromatic nitrogens is 5. The Hall–Kier alpha value is -2.26. The predicted molar refractivity (Wildman–Crippen MR) is 101 cm³/mol. The summed E-state index contributed by atoms with van der Waals surface area (Å²) in [6.45, 7) is 0.990. The van der Waals surface area contributed by atoms with Gasteiger partial charge in [-0.1, -0.05) is 11.6 Å². The molecule has 1 fully saturated rings. The average molecular weight is 387 g/mol. The van der Waals surface area contributed by atoms with E-state index < -0.39 is 5.54 Å². The second-order valence-electron chi connectivity index (χ2n) is 6.51. The van der Waals surface area contributed by atoms with E-state index in [1.165, 1.54) is 0 Å². The molecule has 7 nitrogen and oxygen atoms in total. The Labute approximate surface area is 157 Å². The lowest BCUT2D eigenvalue weighted by Crippen LogP contribution is -2.54. The molecule has 0 aromatic carbocycles. The molecule has 0 saturated carbocycles. The number of fused-ring (bicyclic) bond motifs is 1. The quantitative estimate of drug-likeness (QED) is 0.564. The number of aromatic amines is 1. The van der Waals surface area contributed by atoms with E-state index in [4.69, 9.17) is 22.1 Å². The van der Waals surface area contributed by atoms with Crippen LogP contribution in [0.25, 0.3) is 32.7 Å². The summed E-state index contributed by atoms with van der Waals surface area (Å²) in [5, 5.41) is 6.62. The van der Waals surface area contributed by atoms with Crippen LogP contribution in [0.15, 0.2) is 30.9 Å². The minimum absolute atomic E-state index is 0.486. The molecule has 3 N–H and O–H groups in total. The van der Waals surface area contributed by atoms with E-state index in [1.807, 2.05) is 31.7 Å². The van der Waals surface area contributed by atoms with Gasteiger partial charge in [-0.15, -0.1) is 11.3 Å². The minimum Gasteiger partial charge on any atom is -0.377 e. The van der Waals surface area contributed by atoms with Gasteiger partial charge in [0.15, 0.2) is 0 Å². The van der Waals surface area contributed by atoms with Crippen LogP contribution in [0.1, 0.15) is 5.01 Å². The number of nitrogens with two attached hydrogens (primary N) is 1. The molecule has 0 unspecified atom stereocenters. The zero-order valence-electron chi connectivity index (χ0n) is 13.9. The maximum atomic E-state index is 6.50. The highest BCUT2D eigenvalue weighted by Crippen LogP contribution is 2.41. The number of ether oxygens (including phenoxy) is 1. The summed E-state index contributed by atoms with van der Waals surface area (Å²) in [6.07, 6.45) is 7.24. The van der Waals surface area contributed by atoms with Gasteiger partial charge in [-0.3, -0.25) is 4.68 Å². The summed E-state index contributed by atoms with van der Waals surface area (Å²) in [7, 11) is 1.89. The van der Waals surface area contributed by atoms with Crippen molar-refractivity contribution in [1.82, 2.24) is 24.7 Å². The topological polar surface area (TPSA) is 94.6 Å². The van der Waals surface area contributed by atoms with Crippen molar-refractivity contribution in [1.29, 1.82) is 0 Å². The molecule has 26 heavy (non-hydrogen) atoms. The van der Waals surface area contributed by atoms with E-state index in [-0.39, 0.29) is 0 Å². The van der Waals surface area contributed by atoms with Crippen molar-refractivity contribution in [2.24, 2.45) is 12.8 Å². The van der Waals surface area contributed by atoms with Crippen LogP contribution in [0, 0.1) is 0 Å². The second-order valence-corrected chi connectivity index (χ2v) is 7.95. The van der Waals surface area contributed by atoms with Gasteiger partial charge in [0.2, 0.25) is 0 Å². The van der Waals surface area contributed by atoms with E-state index in [2.05, 4.69) is 20.1 Å². The van der Waals surface area contributed by atoms with Crippen LogP contribution in [0.3, 0.4) is 0 Å². The molecule has 0 amide bonds. The fourth-order valence-electron chi connectivity index (χ4n) is 3.08. The molecule has 0 atom stereocenters. The highest BCUT2D eigenvalue weighted by Gasteiger charge is 2.39. The second kappa shape index (κ2) is 5.62. The Bertz CT molecular complexity index is 1130. The molecule has 4 aromatic heterocycles. The van der Waals surface area contributed by atoms with Gasteiger partial charge in [0.05, 0.1) is 35.0 Å². The van der Waals surface area contributed by atoms with Crippen molar-refractivity contribution >= 4 is 34.0 Å². The molecule has 1 aliphatic heterocycles. The van der Waals surface area contributed by atoms with Crippen LogP contribution in [-0.2, 0) is 17.3 Å². The van der Waals surface area contributed by atoms with Gasteiger partial charge in [-0.2, -0.15) is 5.10 Å². The largest absolute Gasteiger partial charge is 0.377 e. The Balaban J connectivity index is 1.65. The van der Waals surface area contributed by atoms with Crippen molar-refractivity contribution in [2.75, 3.05) is 13.2 Å². The number of nitrogens with zero attached hydrogens (tertiary/aromatic N) is 4. The van der Waals surface area contributed by atoms with Crippen LogP contribution in [0.2, 0.25) is 5.02 Å². The van der Waals surface area contributed by atoms with Crippen molar-refractivity contribution in [3.8, 4) is 21.7 Å². The summed E-state index contributed by atoms with van der Waals surface area (Å²) in [5.41, 5.74) is 9.44. The smallest absolute Gasteiger partial charge is 0.138 e. The zero-order valence-corrected chi connectivity index (χ0v) is 15.4. The van der Waals surface area contributed by atoms with Crippen molar-refractivity contribution in [2.45, 2.75) is 5.54 Å². The monoisotopic (exact) mass is 386 g/mol. The molecule has 0 spiro atoms. The van der Waals surface area contributed by atoms with Gasteiger partial charge >= 0.3 is 0 Å². The molecular formula is C17H15ClN6OS. The van der Waals surface area contributed by atoms with Gasteiger partial charge < -0.3 is 15.5 Å². The van der Waals surface area contributed by atoms with Gasteiger partial charge in [-0.05, 0) is 6.07 Å². The molecule has 5 heterocycles. The number of rotatable bonds is 3. The first-order valence-corrected chi connectivity index (χ1v) is 9.22. The molecule has 0 radical (unpaired) electrons. The maximum absolute atomic E-state index is 6.50. The summed E-state index contributed by atoms with van der Waals surface area (Å²) in [5.74, 6) is 0. The van der Waals surface area contributed by atoms with Gasteiger partial charge in [0.25, 0.3) is 0 Å². The summed E-state index contributed by atoms with van der Waals surface area (Å²) < 4.78 is 7.01. The normalized spacial score (nSPS) is 16.1. The lowest BCUT2D eigenvalue weighted by atomic mass is 10.0. The van der Waals surface area contributed by atoms with Crippen LogP contribution in [-0.4, -0.2) is 37.9 Å². The first kappa shape index (κ1) is 16.0. The summed E-state index contributed by atoms with van der Waals surface area (Å²) in [6, 6.07) is 2.05. The van der Waals surface area contributed by atoms with Crippen LogP contribution in [0.5, 0.6) is 0 Å². The molecular weight excluding hydrogens is 372 g/mol. The van der Waals surface area contributed by atoms with E-state index >= 15 is 0 Å². The van der Waals surface area contributed by atoms with Crippen molar-refractivity contribution in [3.63, 3.8) is 0 Å². The van der Waals surface area contributed by atoms with Crippen LogP contribution in [0.4, 0.5) is 0 Å². The van der Waals surface area contributed by atoms with Gasteiger partial charge in [0, 0.05) is 42.2 Å². The van der Waals surface area contributed by atoms with E-state index in [9.17, 15) is 0 Å². The maximum Gasteiger partial charge on any atom is 0.138 e. The third kappa shape index (κ3) is 2.38. The highest BCUT2D eigenvalue weighted by atomic mass is 35.5. The molecule has 5 rings (SSSR count). The summed E-state index contributed by atoms with van der Waals surface area (Å²) >= 11 is 8.05. The van der Waals surface area contributed by atoms with Crippen LogP contribution >= 0.6 is 22.9 Å². The Morgan fingerprint density at radius 1 is 1.31 bits per heavy atom. The molecule has 9 heteroatoms. The standard InChI is InChI=1S/C17H15ClN6OS/c1-24-6-9(3-22-24)12-2-10-14(11(18)4-20-15(10)23-12)13-5-21-16(26-13)17(19)7-25-8-17/h2-6H,7-8,19H2,1H3,(H,20,23). The molecule has 1 saturated heterocycles. The Morgan fingerprint density at radius 3 is 2.85 bits per heavy atom. The van der Waals surface area contributed by atoms with Gasteiger partial charge in [0.1, 0.15) is 16.2 Å². The zero-order chi connectivity index (χ0) is 17.9. The van der Waals surface area contributed by atoms with Gasteiger partial charge in [-0.25, -0.2) is 9.97 Å². The third-order valence-corrected chi connectivity index (χ3v) is 6.05. The Morgan fingerprint density at radius 2 is 2.15 bits per heavy atom. The van der Waals surface area contributed by atoms with E-state index in [1.54, 1.807) is 22.2 Å².